The lowest BCUT2D eigenvalue weighted by Gasteiger charge is -2.11. The second kappa shape index (κ2) is 6.79. The minimum absolute atomic E-state index is 0.821. The van der Waals surface area contributed by atoms with Crippen LogP contribution in [-0.4, -0.2) is 15.0 Å². The summed E-state index contributed by atoms with van der Waals surface area (Å²) in [6.07, 6.45) is 3.55. The van der Waals surface area contributed by atoms with Gasteiger partial charge in [-0.25, -0.2) is 4.98 Å². The van der Waals surface area contributed by atoms with Crippen LogP contribution in [-0.2, 0) is 12.6 Å². The Bertz CT molecular complexity index is 927. The molecule has 4 aromatic rings. The molecule has 0 aliphatic rings. The average Bonchev–Trinajstić information content (AvgIpc) is 2.69. The predicted molar refractivity (Wildman–Crippen MR) is 102 cm³/mol. The minimum atomic E-state index is 0.821. The first-order valence-corrected chi connectivity index (χ1v) is 8.33. The molecule has 25 heavy (non-hydrogen) atoms. The van der Waals surface area contributed by atoms with Crippen molar-refractivity contribution in [3.05, 3.63) is 85.2 Å². The van der Waals surface area contributed by atoms with E-state index in [1.807, 2.05) is 72.8 Å². The summed E-state index contributed by atoms with van der Waals surface area (Å²) in [6.45, 7) is 0. The van der Waals surface area contributed by atoms with Crippen molar-refractivity contribution in [1.82, 2.24) is 15.0 Å². The Kier molecular flexibility index (Phi) is 4.19. The van der Waals surface area contributed by atoms with Crippen LogP contribution in [0, 0.1) is 0 Å². The Hall–Kier alpha value is -3.11. The summed E-state index contributed by atoms with van der Waals surface area (Å²) < 4.78 is 0. The van der Waals surface area contributed by atoms with Crippen LogP contribution >= 0.6 is 0 Å². The Morgan fingerprint density at radius 3 is 1.60 bits per heavy atom. The number of hydrogen-bond donors (Lipinski definition) is 0. The largest absolute Gasteiger partial charge is 0.780 e. The minimum Gasteiger partial charge on any atom is -0.780 e. The number of nitrogens with zero attached hydrogens (tertiary/aromatic N) is 3. The van der Waals surface area contributed by atoms with Crippen LogP contribution in [0.3, 0.4) is 0 Å². The van der Waals surface area contributed by atoms with E-state index < -0.39 is 0 Å². The molecule has 0 saturated heterocycles. The van der Waals surface area contributed by atoms with E-state index in [0.29, 0.717) is 0 Å². The highest BCUT2D eigenvalue weighted by molar-refractivity contribution is 7.58. The highest BCUT2D eigenvalue weighted by Gasteiger charge is 2.09. The van der Waals surface area contributed by atoms with Gasteiger partial charge in [0, 0.05) is 12.4 Å². The highest BCUT2D eigenvalue weighted by atomic mass is 32.1. The molecule has 0 saturated carbocycles. The molecule has 0 fully saturated rings. The van der Waals surface area contributed by atoms with Crippen molar-refractivity contribution in [3.63, 3.8) is 0 Å². The molecule has 0 atom stereocenters. The summed E-state index contributed by atoms with van der Waals surface area (Å²) >= 11 is 5.19. The molecule has 0 N–H and O–H groups in total. The van der Waals surface area contributed by atoms with Gasteiger partial charge in [0.1, 0.15) is 0 Å². The van der Waals surface area contributed by atoms with Crippen LogP contribution in [0.4, 0.5) is 0 Å². The normalized spacial score (nSPS) is 10.6. The van der Waals surface area contributed by atoms with Crippen molar-refractivity contribution in [2.75, 3.05) is 0 Å². The molecule has 0 bridgehead atoms. The lowest BCUT2D eigenvalue weighted by Crippen LogP contribution is -1.93. The Labute approximate surface area is 151 Å². The van der Waals surface area contributed by atoms with Crippen molar-refractivity contribution in [2.24, 2.45) is 0 Å². The fourth-order valence-electron chi connectivity index (χ4n) is 2.64. The van der Waals surface area contributed by atoms with Gasteiger partial charge in [-0.05, 0) is 47.5 Å². The lowest BCUT2D eigenvalue weighted by atomic mass is 10.0. The maximum Gasteiger partial charge on any atom is 0.0900 e. The van der Waals surface area contributed by atoms with Gasteiger partial charge in [0.25, 0.3) is 0 Å². The number of benzene rings is 1. The molecule has 0 radical (unpaired) electrons. The molecular formula is C21H14N3S-. The monoisotopic (exact) mass is 340 g/mol. The van der Waals surface area contributed by atoms with E-state index in [1.165, 1.54) is 0 Å². The maximum atomic E-state index is 5.19. The summed E-state index contributed by atoms with van der Waals surface area (Å²) in [5.41, 5.74) is 5.46. The lowest BCUT2D eigenvalue weighted by molar-refractivity contribution is 1.22. The van der Waals surface area contributed by atoms with Gasteiger partial charge in [-0.3, -0.25) is 9.97 Å². The van der Waals surface area contributed by atoms with Gasteiger partial charge in [-0.15, -0.1) is 0 Å². The molecule has 0 aliphatic heterocycles. The zero-order chi connectivity index (χ0) is 17.1. The van der Waals surface area contributed by atoms with Gasteiger partial charge in [-0.1, -0.05) is 36.4 Å². The van der Waals surface area contributed by atoms with Gasteiger partial charge >= 0.3 is 0 Å². The zero-order valence-electron chi connectivity index (χ0n) is 13.3. The Morgan fingerprint density at radius 2 is 1.12 bits per heavy atom. The molecule has 3 nitrogen and oxygen atoms in total. The fourth-order valence-corrected chi connectivity index (χ4v) is 2.77. The summed E-state index contributed by atoms with van der Waals surface area (Å²) in [5, 5.41) is 0. The SMILES string of the molecule is [S-]c1ccc(-c2cc(-c3ccccn3)nc(-c3ccccn3)c2)cc1. The van der Waals surface area contributed by atoms with Crippen molar-refractivity contribution >= 4 is 12.6 Å². The Morgan fingerprint density at radius 1 is 0.560 bits per heavy atom. The topological polar surface area (TPSA) is 38.7 Å². The van der Waals surface area contributed by atoms with E-state index >= 15 is 0 Å². The third-order valence-corrected chi connectivity index (χ3v) is 4.14. The van der Waals surface area contributed by atoms with Gasteiger partial charge < -0.3 is 12.6 Å². The van der Waals surface area contributed by atoms with Crippen LogP contribution in [0.5, 0.6) is 0 Å². The van der Waals surface area contributed by atoms with Crippen molar-refractivity contribution in [1.29, 1.82) is 0 Å². The smallest absolute Gasteiger partial charge is 0.0900 e. The molecule has 4 heteroatoms. The molecule has 3 heterocycles. The fraction of sp³-hybridized carbons (Fsp3) is 0. The standard InChI is InChI=1S/C21H15N3S/c25-17-9-7-15(8-10-17)16-13-20(18-5-1-3-11-22-18)24-21(14-16)19-6-2-4-12-23-19/h1-14,25H/p-1. The highest BCUT2D eigenvalue weighted by Crippen LogP contribution is 2.28. The molecule has 0 spiro atoms. The first-order valence-electron chi connectivity index (χ1n) is 7.92. The van der Waals surface area contributed by atoms with Crippen molar-refractivity contribution < 1.29 is 0 Å². The first kappa shape index (κ1) is 15.4. The molecule has 1 aromatic carbocycles. The Balaban J connectivity index is 1.90. The van der Waals surface area contributed by atoms with Crippen LogP contribution in [0.15, 0.2) is 90.1 Å². The van der Waals surface area contributed by atoms with E-state index in [4.69, 9.17) is 17.6 Å². The van der Waals surface area contributed by atoms with Gasteiger partial charge in [0.15, 0.2) is 0 Å². The number of hydrogen-bond acceptors (Lipinski definition) is 4. The van der Waals surface area contributed by atoms with E-state index in [1.54, 1.807) is 12.4 Å². The molecule has 0 amide bonds. The second-order valence-corrected chi connectivity index (χ2v) is 6.05. The van der Waals surface area contributed by atoms with Crippen molar-refractivity contribution in [2.45, 2.75) is 4.90 Å². The summed E-state index contributed by atoms with van der Waals surface area (Å²) in [6, 6.07) is 23.7. The first-order chi connectivity index (χ1) is 12.3. The zero-order valence-corrected chi connectivity index (χ0v) is 14.1. The molecule has 0 aliphatic carbocycles. The van der Waals surface area contributed by atoms with Gasteiger partial charge in [0.2, 0.25) is 0 Å². The summed E-state index contributed by atoms with van der Waals surface area (Å²) in [7, 11) is 0. The van der Waals surface area contributed by atoms with E-state index in [0.717, 1.165) is 38.8 Å². The van der Waals surface area contributed by atoms with E-state index in [9.17, 15) is 0 Å². The quantitative estimate of drug-likeness (QED) is 0.503. The number of aromatic nitrogens is 3. The molecule has 120 valence electrons. The number of rotatable bonds is 3. The van der Waals surface area contributed by atoms with Crippen LogP contribution in [0.2, 0.25) is 0 Å². The van der Waals surface area contributed by atoms with Crippen LogP contribution in [0.1, 0.15) is 0 Å². The van der Waals surface area contributed by atoms with E-state index in [-0.39, 0.29) is 0 Å². The molecular weight excluding hydrogens is 326 g/mol. The number of pyridine rings is 3. The second-order valence-electron chi connectivity index (χ2n) is 5.58. The van der Waals surface area contributed by atoms with E-state index in [2.05, 4.69) is 9.97 Å². The predicted octanol–water partition coefficient (Wildman–Crippen LogP) is 4.78. The third kappa shape index (κ3) is 3.39. The molecule has 3 aromatic heterocycles. The van der Waals surface area contributed by atoms with Gasteiger partial charge in [-0.2, -0.15) is 4.90 Å². The molecule has 4 rings (SSSR count). The summed E-state index contributed by atoms with van der Waals surface area (Å²) in [4.78, 5) is 14.5. The summed E-state index contributed by atoms with van der Waals surface area (Å²) in [5.74, 6) is 0. The van der Waals surface area contributed by atoms with Crippen LogP contribution < -0.4 is 0 Å². The maximum absolute atomic E-state index is 5.19. The van der Waals surface area contributed by atoms with Crippen LogP contribution in [0.25, 0.3) is 33.9 Å². The average molecular weight is 340 g/mol. The van der Waals surface area contributed by atoms with Gasteiger partial charge in [0.05, 0.1) is 22.8 Å². The molecule has 0 unspecified atom stereocenters. The third-order valence-electron chi connectivity index (χ3n) is 3.87. The van der Waals surface area contributed by atoms with Crippen molar-refractivity contribution in [3.8, 4) is 33.9 Å².